The Bertz CT molecular complexity index is 513. The molecule has 0 atom stereocenters. The second kappa shape index (κ2) is 9.22. The van der Waals surface area contributed by atoms with Crippen LogP contribution in [0.3, 0.4) is 0 Å². The second-order valence-electron chi connectivity index (χ2n) is 5.17. The molecule has 0 aromatic heterocycles. The highest BCUT2D eigenvalue weighted by Crippen LogP contribution is 2.12. The number of nitrogens with zero attached hydrogens (tertiary/aromatic N) is 2. The van der Waals surface area contributed by atoms with E-state index in [2.05, 4.69) is 62.5 Å². The summed E-state index contributed by atoms with van der Waals surface area (Å²) >= 11 is 8.84. The van der Waals surface area contributed by atoms with Gasteiger partial charge < -0.3 is 9.64 Å². The Morgan fingerprint density at radius 2 is 2.00 bits per heavy atom. The summed E-state index contributed by atoms with van der Waals surface area (Å²) in [5, 5.41) is 5.18. The van der Waals surface area contributed by atoms with Crippen molar-refractivity contribution in [2.75, 3.05) is 26.3 Å². The molecule has 1 heterocycles. The fourth-order valence-corrected chi connectivity index (χ4v) is 2.71. The maximum atomic E-state index is 5.38. The van der Waals surface area contributed by atoms with Gasteiger partial charge in [0.05, 0.1) is 13.2 Å². The predicted molar refractivity (Wildman–Crippen MR) is 98.3 cm³/mol. The van der Waals surface area contributed by atoms with Crippen LogP contribution in [0, 0.1) is 0 Å². The van der Waals surface area contributed by atoms with E-state index in [1.165, 1.54) is 5.56 Å². The average molecular weight is 384 g/mol. The van der Waals surface area contributed by atoms with Crippen LogP contribution in [0.1, 0.15) is 25.3 Å². The van der Waals surface area contributed by atoms with E-state index in [-0.39, 0.29) is 0 Å². The Morgan fingerprint density at radius 1 is 1.32 bits per heavy atom. The maximum Gasteiger partial charge on any atom is 0.189 e. The fraction of sp³-hybridized carbons (Fsp3) is 0.500. The van der Waals surface area contributed by atoms with Crippen molar-refractivity contribution in [3.8, 4) is 0 Å². The molecule has 1 saturated heterocycles. The van der Waals surface area contributed by atoms with Crippen LogP contribution in [0.25, 0.3) is 0 Å². The van der Waals surface area contributed by atoms with E-state index in [1.54, 1.807) is 0 Å². The highest BCUT2D eigenvalue weighted by atomic mass is 79.9. The van der Waals surface area contributed by atoms with Crippen LogP contribution in [0.15, 0.2) is 33.8 Å². The number of morpholine rings is 1. The van der Waals surface area contributed by atoms with E-state index in [1.807, 2.05) is 0 Å². The zero-order valence-corrected chi connectivity index (χ0v) is 15.3. The molecule has 0 bridgehead atoms. The normalized spacial score (nSPS) is 15.7. The Kier molecular flexibility index (Phi) is 7.29. The molecule has 0 unspecified atom stereocenters. The molecule has 22 heavy (non-hydrogen) atoms. The van der Waals surface area contributed by atoms with Gasteiger partial charge in [0.25, 0.3) is 0 Å². The minimum atomic E-state index is 0.692. The zero-order chi connectivity index (χ0) is 15.8. The van der Waals surface area contributed by atoms with E-state index < -0.39 is 0 Å². The van der Waals surface area contributed by atoms with Gasteiger partial charge in [-0.1, -0.05) is 35.0 Å². The minimum Gasteiger partial charge on any atom is -0.378 e. The SMILES string of the molecule is CC/C(CCc1ccc(Br)cc1)=N\NC(=S)N1CCOCC1. The minimum absolute atomic E-state index is 0.692. The number of halogens is 1. The highest BCUT2D eigenvalue weighted by molar-refractivity contribution is 9.10. The molecule has 1 N–H and O–H groups in total. The van der Waals surface area contributed by atoms with Gasteiger partial charge in [0.2, 0.25) is 0 Å². The fourth-order valence-electron chi connectivity index (χ4n) is 2.22. The van der Waals surface area contributed by atoms with E-state index in [0.717, 1.165) is 55.8 Å². The van der Waals surface area contributed by atoms with Crippen LogP contribution in [-0.2, 0) is 11.2 Å². The number of rotatable bonds is 5. The topological polar surface area (TPSA) is 36.9 Å². The number of hydrazone groups is 1. The van der Waals surface area contributed by atoms with Crippen molar-refractivity contribution in [2.45, 2.75) is 26.2 Å². The maximum absolute atomic E-state index is 5.38. The number of hydrogen-bond donors (Lipinski definition) is 1. The third-order valence-corrected chi connectivity index (χ3v) is 4.51. The Balaban J connectivity index is 1.82. The van der Waals surface area contributed by atoms with Crippen LogP contribution in [0.5, 0.6) is 0 Å². The molecule has 1 aliphatic heterocycles. The van der Waals surface area contributed by atoms with Gasteiger partial charge in [-0.2, -0.15) is 5.10 Å². The largest absolute Gasteiger partial charge is 0.378 e. The molecule has 6 heteroatoms. The van der Waals surface area contributed by atoms with Gasteiger partial charge in [-0.25, -0.2) is 0 Å². The monoisotopic (exact) mass is 383 g/mol. The number of aryl methyl sites for hydroxylation is 1. The summed E-state index contributed by atoms with van der Waals surface area (Å²) in [5.41, 5.74) is 5.49. The average Bonchev–Trinajstić information content (AvgIpc) is 2.57. The lowest BCUT2D eigenvalue weighted by Crippen LogP contribution is -2.44. The molecule has 120 valence electrons. The first-order chi connectivity index (χ1) is 10.7. The number of thiocarbonyl (C=S) groups is 1. The van der Waals surface area contributed by atoms with Crippen molar-refractivity contribution in [1.29, 1.82) is 0 Å². The van der Waals surface area contributed by atoms with Gasteiger partial charge in [0.15, 0.2) is 5.11 Å². The van der Waals surface area contributed by atoms with Crippen LogP contribution in [0.4, 0.5) is 0 Å². The third-order valence-electron chi connectivity index (χ3n) is 3.63. The number of hydrogen-bond acceptors (Lipinski definition) is 3. The lowest BCUT2D eigenvalue weighted by Gasteiger charge is -2.28. The first-order valence-electron chi connectivity index (χ1n) is 7.61. The van der Waals surface area contributed by atoms with E-state index >= 15 is 0 Å². The number of benzene rings is 1. The second-order valence-corrected chi connectivity index (χ2v) is 6.48. The Morgan fingerprint density at radius 3 is 2.64 bits per heavy atom. The van der Waals surface area contributed by atoms with E-state index in [9.17, 15) is 0 Å². The molecule has 0 saturated carbocycles. The lowest BCUT2D eigenvalue weighted by molar-refractivity contribution is 0.0677. The molecule has 0 spiro atoms. The van der Waals surface area contributed by atoms with Crippen molar-refractivity contribution < 1.29 is 4.74 Å². The standard InChI is InChI=1S/C16H22BrN3OS/c1-2-15(8-5-13-3-6-14(17)7-4-13)18-19-16(22)20-9-11-21-12-10-20/h3-4,6-7H,2,5,8-12H2,1H3,(H,19,22)/b18-15+. The summed E-state index contributed by atoms with van der Waals surface area (Å²) in [4.78, 5) is 2.10. The van der Waals surface area contributed by atoms with Crippen molar-refractivity contribution >= 4 is 39.0 Å². The van der Waals surface area contributed by atoms with Gasteiger partial charge in [-0.15, -0.1) is 0 Å². The van der Waals surface area contributed by atoms with Gasteiger partial charge >= 0.3 is 0 Å². The van der Waals surface area contributed by atoms with Crippen molar-refractivity contribution in [3.63, 3.8) is 0 Å². The molecule has 4 nitrogen and oxygen atoms in total. The molecule has 1 aliphatic rings. The molecule has 1 aromatic carbocycles. The van der Waals surface area contributed by atoms with Crippen LogP contribution in [0.2, 0.25) is 0 Å². The summed E-state index contributed by atoms with van der Waals surface area (Å²) in [7, 11) is 0. The molecule has 0 aliphatic carbocycles. The van der Waals surface area contributed by atoms with Gasteiger partial charge in [0, 0.05) is 23.3 Å². The first kappa shape index (κ1) is 17.4. The van der Waals surface area contributed by atoms with Crippen LogP contribution < -0.4 is 5.43 Å². The molecular formula is C16H22BrN3OS. The third kappa shape index (κ3) is 5.66. The Labute approximate surface area is 146 Å². The van der Waals surface area contributed by atoms with E-state index in [0.29, 0.717) is 5.11 Å². The summed E-state index contributed by atoms with van der Waals surface area (Å²) in [6, 6.07) is 8.43. The van der Waals surface area contributed by atoms with Gasteiger partial charge in [0.1, 0.15) is 0 Å². The highest BCUT2D eigenvalue weighted by Gasteiger charge is 2.13. The lowest BCUT2D eigenvalue weighted by atomic mass is 10.1. The molecule has 0 radical (unpaired) electrons. The summed E-state index contributed by atoms with van der Waals surface area (Å²) < 4.78 is 6.43. The zero-order valence-electron chi connectivity index (χ0n) is 12.8. The summed E-state index contributed by atoms with van der Waals surface area (Å²) in [5.74, 6) is 0. The molecule has 0 amide bonds. The number of ether oxygens (including phenoxy) is 1. The molecule has 1 aromatic rings. The Hall–Kier alpha value is -0.980. The van der Waals surface area contributed by atoms with Gasteiger partial charge in [-0.3, -0.25) is 5.43 Å². The predicted octanol–water partition coefficient (Wildman–Crippen LogP) is 3.35. The molecule has 2 rings (SSSR count). The summed E-state index contributed by atoms with van der Waals surface area (Å²) in [6.45, 7) is 5.26. The van der Waals surface area contributed by atoms with Gasteiger partial charge in [-0.05, 0) is 49.2 Å². The quantitative estimate of drug-likeness (QED) is 0.480. The van der Waals surface area contributed by atoms with Crippen molar-refractivity contribution in [3.05, 3.63) is 34.3 Å². The van der Waals surface area contributed by atoms with Crippen molar-refractivity contribution in [1.82, 2.24) is 10.3 Å². The number of nitrogens with one attached hydrogen (secondary N) is 1. The molecule has 1 fully saturated rings. The first-order valence-corrected chi connectivity index (χ1v) is 8.81. The summed E-state index contributed by atoms with van der Waals surface area (Å²) in [6.07, 6.45) is 2.86. The van der Waals surface area contributed by atoms with Crippen molar-refractivity contribution in [2.24, 2.45) is 5.10 Å². The molecular weight excluding hydrogens is 362 g/mol. The van der Waals surface area contributed by atoms with Crippen LogP contribution in [-0.4, -0.2) is 42.0 Å². The van der Waals surface area contributed by atoms with Crippen LogP contribution >= 0.6 is 28.1 Å². The van der Waals surface area contributed by atoms with E-state index in [4.69, 9.17) is 17.0 Å². The smallest absolute Gasteiger partial charge is 0.189 e.